The van der Waals surface area contributed by atoms with Crippen LogP contribution in [0.15, 0.2) is 0 Å². The van der Waals surface area contributed by atoms with Crippen LogP contribution in [0.25, 0.3) is 0 Å². The second-order valence-electron chi connectivity index (χ2n) is 3.28. The van der Waals surface area contributed by atoms with Crippen LogP contribution in [-0.2, 0) is 0 Å². The molecule has 1 rings (SSSR count). The maximum absolute atomic E-state index is 2.49. The van der Waals surface area contributed by atoms with E-state index in [1.165, 1.54) is 38.5 Å². The fourth-order valence-electron chi connectivity index (χ4n) is 1.70. The van der Waals surface area contributed by atoms with Crippen LogP contribution >= 0.6 is 0 Å². The second-order valence-corrected chi connectivity index (χ2v) is 3.28. The summed E-state index contributed by atoms with van der Waals surface area (Å²) >= 11 is 0. The van der Waals surface area contributed by atoms with E-state index in [-0.39, 0.29) is 0 Å². The molecule has 0 aliphatic heterocycles. The lowest BCUT2D eigenvalue weighted by atomic mass is 9.86. The van der Waals surface area contributed by atoms with E-state index in [1.807, 2.05) is 0 Å². The first-order valence-electron chi connectivity index (χ1n) is 4.54. The van der Waals surface area contributed by atoms with Crippen LogP contribution < -0.4 is 0 Å². The molecule has 0 aromatic rings. The van der Waals surface area contributed by atoms with Gasteiger partial charge in [-0.15, -0.1) is 0 Å². The van der Waals surface area contributed by atoms with Crippen molar-refractivity contribution in [3.63, 3.8) is 0 Å². The van der Waals surface area contributed by atoms with Crippen molar-refractivity contribution in [2.45, 2.75) is 45.4 Å². The van der Waals surface area contributed by atoms with Crippen molar-refractivity contribution in [3.8, 4) is 0 Å². The van der Waals surface area contributed by atoms with Gasteiger partial charge in [-0.25, -0.2) is 0 Å². The van der Waals surface area contributed by atoms with E-state index in [2.05, 4.69) is 19.8 Å². The van der Waals surface area contributed by atoms with Gasteiger partial charge in [0.05, 0.1) is 0 Å². The van der Waals surface area contributed by atoms with Crippen LogP contribution in [0, 0.1) is 18.8 Å². The number of rotatable bonds is 3. The van der Waals surface area contributed by atoms with Crippen LogP contribution in [0.4, 0.5) is 0 Å². The van der Waals surface area contributed by atoms with E-state index in [9.17, 15) is 0 Å². The number of hydrogen-bond donors (Lipinski definition) is 0. The van der Waals surface area contributed by atoms with Gasteiger partial charge in [-0.05, 0) is 25.2 Å². The molecule has 0 aromatic heterocycles. The molecule has 1 fully saturated rings. The molecular formula is C10H18. The molecule has 0 nitrogen and oxygen atoms in total. The SMILES string of the molecule is C[CH]C[CH]C1CCCCC1. The third-order valence-corrected chi connectivity index (χ3v) is 2.35. The van der Waals surface area contributed by atoms with Gasteiger partial charge < -0.3 is 0 Å². The van der Waals surface area contributed by atoms with E-state index >= 15 is 0 Å². The van der Waals surface area contributed by atoms with Crippen LogP contribution in [0.2, 0.25) is 0 Å². The van der Waals surface area contributed by atoms with E-state index < -0.39 is 0 Å². The van der Waals surface area contributed by atoms with E-state index in [0.717, 1.165) is 5.92 Å². The van der Waals surface area contributed by atoms with Gasteiger partial charge in [0.2, 0.25) is 0 Å². The molecule has 0 unspecified atom stereocenters. The molecule has 0 bridgehead atoms. The quantitative estimate of drug-likeness (QED) is 0.561. The Morgan fingerprint density at radius 2 is 1.90 bits per heavy atom. The molecule has 0 N–H and O–H groups in total. The minimum atomic E-state index is 0.949. The van der Waals surface area contributed by atoms with Gasteiger partial charge in [0.25, 0.3) is 0 Å². The highest BCUT2D eigenvalue weighted by molar-refractivity contribution is 4.82. The molecule has 0 aromatic carbocycles. The highest BCUT2D eigenvalue weighted by Crippen LogP contribution is 2.26. The zero-order chi connectivity index (χ0) is 7.23. The highest BCUT2D eigenvalue weighted by atomic mass is 14.2. The molecule has 0 atom stereocenters. The van der Waals surface area contributed by atoms with Crippen molar-refractivity contribution in [1.29, 1.82) is 0 Å². The minimum absolute atomic E-state index is 0.949. The molecule has 0 heteroatoms. The third kappa shape index (κ3) is 2.72. The smallest absolute Gasteiger partial charge is 0.0352 e. The molecule has 0 heterocycles. The lowest BCUT2D eigenvalue weighted by molar-refractivity contribution is 0.393. The summed E-state index contributed by atoms with van der Waals surface area (Å²) in [6.07, 6.45) is 13.2. The Hall–Kier alpha value is 0. The summed E-state index contributed by atoms with van der Waals surface area (Å²) in [5.74, 6) is 0.949. The minimum Gasteiger partial charge on any atom is -0.0622 e. The van der Waals surface area contributed by atoms with Crippen molar-refractivity contribution in [1.82, 2.24) is 0 Å². The largest absolute Gasteiger partial charge is 0.0622 e. The molecule has 0 amide bonds. The van der Waals surface area contributed by atoms with Crippen molar-refractivity contribution in [3.05, 3.63) is 12.8 Å². The molecule has 58 valence electrons. The average Bonchev–Trinajstić information content (AvgIpc) is 2.03. The van der Waals surface area contributed by atoms with Crippen LogP contribution in [0.3, 0.4) is 0 Å². The zero-order valence-corrected chi connectivity index (χ0v) is 6.97. The lowest BCUT2D eigenvalue weighted by Crippen LogP contribution is -2.06. The Labute approximate surface area is 65.0 Å². The van der Waals surface area contributed by atoms with Gasteiger partial charge >= 0.3 is 0 Å². The normalized spacial score (nSPS) is 21.3. The first-order valence-corrected chi connectivity index (χ1v) is 4.54. The predicted octanol–water partition coefficient (Wildman–Crippen LogP) is 3.39. The lowest BCUT2D eigenvalue weighted by Gasteiger charge is -2.20. The highest BCUT2D eigenvalue weighted by Gasteiger charge is 2.11. The summed E-state index contributed by atoms with van der Waals surface area (Å²) in [6, 6.07) is 0. The molecular weight excluding hydrogens is 120 g/mol. The fraction of sp³-hybridized carbons (Fsp3) is 0.800. The average molecular weight is 138 g/mol. The van der Waals surface area contributed by atoms with Gasteiger partial charge in [0.1, 0.15) is 0 Å². The fourth-order valence-corrected chi connectivity index (χ4v) is 1.70. The summed E-state index contributed by atoms with van der Waals surface area (Å²) in [7, 11) is 0. The maximum Gasteiger partial charge on any atom is -0.0352 e. The standard InChI is InChI=1S/C10H18/c1-2-3-7-10-8-5-4-6-9-10/h2,7,10H,3-6,8-9H2,1H3. The number of unbranched alkanes of at least 4 members (excludes halogenated alkanes) is 1. The molecule has 1 aliphatic rings. The van der Waals surface area contributed by atoms with Gasteiger partial charge in [-0.1, -0.05) is 39.0 Å². The Balaban J connectivity index is 2.02. The Bertz CT molecular complexity index is 70.1. The second kappa shape index (κ2) is 4.76. The van der Waals surface area contributed by atoms with Crippen LogP contribution in [0.1, 0.15) is 45.4 Å². The zero-order valence-electron chi connectivity index (χ0n) is 6.97. The number of hydrogen-bond acceptors (Lipinski definition) is 0. The summed E-state index contributed by atoms with van der Waals surface area (Å²) in [6.45, 7) is 2.14. The Morgan fingerprint density at radius 3 is 2.50 bits per heavy atom. The molecule has 10 heavy (non-hydrogen) atoms. The van der Waals surface area contributed by atoms with Gasteiger partial charge in [-0.2, -0.15) is 0 Å². The van der Waals surface area contributed by atoms with E-state index in [4.69, 9.17) is 0 Å². The molecule has 0 saturated heterocycles. The van der Waals surface area contributed by atoms with E-state index in [1.54, 1.807) is 0 Å². The van der Waals surface area contributed by atoms with Crippen molar-refractivity contribution in [2.24, 2.45) is 5.92 Å². The Morgan fingerprint density at radius 1 is 1.20 bits per heavy atom. The van der Waals surface area contributed by atoms with Gasteiger partial charge in [0.15, 0.2) is 0 Å². The summed E-state index contributed by atoms with van der Waals surface area (Å²) < 4.78 is 0. The first kappa shape index (κ1) is 8.10. The van der Waals surface area contributed by atoms with Gasteiger partial charge in [0, 0.05) is 0 Å². The third-order valence-electron chi connectivity index (χ3n) is 2.35. The Kier molecular flexibility index (Phi) is 3.86. The summed E-state index contributed by atoms with van der Waals surface area (Å²) in [5, 5.41) is 0. The van der Waals surface area contributed by atoms with Gasteiger partial charge in [-0.3, -0.25) is 0 Å². The maximum atomic E-state index is 2.49. The monoisotopic (exact) mass is 138 g/mol. The summed E-state index contributed by atoms with van der Waals surface area (Å²) in [4.78, 5) is 0. The van der Waals surface area contributed by atoms with Crippen LogP contribution in [-0.4, -0.2) is 0 Å². The molecule has 2 radical (unpaired) electrons. The summed E-state index contributed by atoms with van der Waals surface area (Å²) in [5.41, 5.74) is 0. The van der Waals surface area contributed by atoms with Crippen molar-refractivity contribution in [2.75, 3.05) is 0 Å². The topological polar surface area (TPSA) is 0 Å². The van der Waals surface area contributed by atoms with Crippen molar-refractivity contribution >= 4 is 0 Å². The van der Waals surface area contributed by atoms with E-state index in [0.29, 0.717) is 0 Å². The van der Waals surface area contributed by atoms with Crippen LogP contribution in [0.5, 0.6) is 0 Å². The molecule has 1 aliphatic carbocycles. The molecule has 0 spiro atoms. The predicted molar refractivity (Wildman–Crippen MR) is 45.5 cm³/mol. The first-order chi connectivity index (χ1) is 4.93. The van der Waals surface area contributed by atoms with Crippen molar-refractivity contribution < 1.29 is 0 Å². The molecule has 1 saturated carbocycles.